The number of carbonyl (C=O) groups excluding carboxylic acids is 2. The molecule has 5 heteroatoms. The van der Waals surface area contributed by atoms with Crippen molar-refractivity contribution in [3.05, 3.63) is 24.3 Å². The molecule has 2 rings (SSSR count). The molecule has 5 nitrogen and oxygen atoms in total. The van der Waals surface area contributed by atoms with Crippen LogP contribution in [0.3, 0.4) is 0 Å². The third kappa shape index (κ3) is 3.82. The summed E-state index contributed by atoms with van der Waals surface area (Å²) in [5.41, 5.74) is 7.31. The van der Waals surface area contributed by atoms with Gasteiger partial charge in [-0.1, -0.05) is 31.9 Å². The second-order valence-corrected chi connectivity index (χ2v) is 5.40. The topological polar surface area (TPSA) is 75.4 Å². The predicted molar refractivity (Wildman–Crippen MR) is 84.2 cm³/mol. The molecule has 0 aromatic heterocycles. The number of rotatable bonds is 6. The summed E-state index contributed by atoms with van der Waals surface area (Å²) in [5.74, 6) is -0.0884. The minimum Gasteiger partial charge on any atom is -0.323 e. The molecule has 3 N–H and O–H groups in total. The number of nitrogens with two attached hydrogens (primary N) is 1. The average molecular weight is 289 g/mol. The Morgan fingerprint density at radius 3 is 2.86 bits per heavy atom. The van der Waals surface area contributed by atoms with Gasteiger partial charge in [0.1, 0.15) is 0 Å². The van der Waals surface area contributed by atoms with E-state index in [4.69, 9.17) is 5.73 Å². The van der Waals surface area contributed by atoms with Gasteiger partial charge in [0.15, 0.2) is 0 Å². The van der Waals surface area contributed by atoms with Crippen molar-refractivity contribution in [3.8, 4) is 0 Å². The molecule has 0 spiro atoms. The highest BCUT2D eigenvalue weighted by atomic mass is 16.2. The van der Waals surface area contributed by atoms with Crippen molar-refractivity contribution in [1.82, 2.24) is 0 Å². The largest absolute Gasteiger partial charge is 0.323 e. The van der Waals surface area contributed by atoms with Crippen molar-refractivity contribution in [3.63, 3.8) is 0 Å². The highest BCUT2D eigenvalue weighted by molar-refractivity contribution is 6.03. The molecule has 1 fully saturated rings. The fourth-order valence-corrected chi connectivity index (χ4v) is 2.50. The summed E-state index contributed by atoms with van der Waals surface area (Å²) in [6.45, 7) is 2.77. The average Bonchev–Trinajstić information content (AvgIpc) is 2.91. The lowest BCUT2D eigenvalue weighted by molar-refractivity contribution is -0.118. The van der Waals surface area contributed by atoms with E-state index in [0.717, 1.165) is 24.9 Å². The van der Waals surface area contributed by atoms with Gasteiger partial charge in [-0.15, -0.1) is 0 Å². The highest BCUT2D eigenvalue weighted by Crippen LogP contribution is 2.29. The van der Waals surface area contributed by atoms with Gasteiger partial charge in [0.25, 0.3) is 0 Å². The van der Waals surface area contributed by atoms with E-state index < -0.39 is 6.04 Å². The van der Waals surface area contributed by atoms with Crippen LogP contribution in [0.2, 0.25) is 0 Å². The number of unbranched alkanes of at least 4 members (excludes halogenated alkanes) is 1. The number of hydrogen-bond donors (Lipinski definition) is 2. The lowest BCUT2D eigenvalue weighted by Gasteiger charge is -2.21. The van der Waals surface area contributed by atoms with Gasteiger partial charge in [-0.25, -0.2) is 0 Å². The summed E-state index contributed by atoms with van der Waals surface area (Å²) in [5, 5.41) is 2.86. The fraction of sp³-hybridized carbons (Fsp3) is 0.500. The summed E-state index contributed by atoms with van der Waals surface area (Å²) in [6.07, 6.45) is 4.04. The standard InChI is InChI=1S/C16H23N3O2/c1-2-3-7-12(17)16(21)18-13-8-4-5-9-14(13)19-11-6-10-15(19)20/h4-5,8-9,12H,2-3,6-7,10-11,17H2,1H3,(H,18,21)/t12-/m0/s1. The van der Waals surface area contributed by atoms with E-state index in [9.17, 15) is 9.59 Å². The maximum atomic E-state index is 12.1. The molecule has 21 heavy (non-hydrogen) atoms. The molecule has 1 aliphatic rings. The number of para-hydroxylation sites is 2. The zero-order valence-electron chi connectivity index (χ0n) is 12.5. The molecule has 1 aromatic rings. The maximum Gasteiger partial charge on any atom is 0.241 e. The van der Waals surface area contributed by atoms with Gasteiger partial charge in [-0.3, -0.25) is 9.59 Å². The first-order chi connectivity index (χ1) is 10.1. The van der Waals surface area contributed by atoms with Crippen LogP contribution in [0.25, 0.3) is 0 Å². The Bertz CT molecular complexity index is 516. The van der Waals surface area contributed by atoms with Crippen molar-refractivity contribution in [2.45, 2.75) is 45.1 Å². The zero-order chi connectivity index (χ0) is 15.2. The smallest absolute Gasteiger partial charge is 0.241 e. The number of hydrogen-bond acceptors (Lipinski definition) is 3. The van der Waals surface area contributed by atoms with Gasteiger partial charge < -0.3 is 16.0 Å². The first-order valence-electron chi connectivity index (χ1n) is 7.59. The van der Waals surface area contributed by atoms with E-state index in [1.165, 1.54) is 0 Å². The van der Waals surface area contributed by atoms with Gasteiger partial charge in [0.2, 0.25) is 11.8 Å². The first-order valence-corrected chi connectivity index (χ1v) is 7.59. The Kier molecular flexibility index (Phi) is 5.33. The first kappa shape index (κ1) is 15.5. The van der Waals surface area contributed by atoms with E-state index in [1.54, 1.807) is 4.90 Å². The van der Waals surface area contributed by atoms with Gasteiger partial charge in [0, 0.05) is 13.0 Å². The zero-order valence-corrected chi connectivity index (χ0v) is 12.5. The van der Waals surface area contributed by atoms with Crippen LogP contribution in [0.1, 0.15) is 39.0 Å². The summed E-state index contributed by atoms with van der Waals surface area (Å²) in [7, 11) is 0. The van der Waals surface area contributed by atoms with Gasteiger partial charge in [-0.05, 0) is 25.0 Å². The van der Waals surface area contributed by atoms with Crippen LogP contribution in [0.15, 0.2) is 24.3 Å². The molecule has 0 unspecified atom stereocenters. The van der Waals surface area contributed by atoms with Crippen LogP contribution in [0.4, 0.5) is 11.4 Å². The maximum absolute atomic E-state index is 12.1. The lowest BCUT2D eigenvalue weighted by atomic mass is 10.1. The number of benzene rings is 1. The molecule has 0 aliphatic carbocycles. The molecule has 2 amide bonds. The van der Waals surface area contributed by atoms with E-state index in [0.29, 0.717) is 25.1 Å². The Balaban J connectivity index is 2.09. The van der Waals surface area contributed by atoms with Crippen LogP contribution in [0, 0.1) is 0 Å². The van der Waals surface area contributed by atoms with E-state index >= 15 is 0 Å². The third-order valence-corrected chi connectivity index (χ3v) is 3.73. The summed E-state index contributed by atoms with van der Waals surface area (Å²) < 4.78 is 0. The fourth-order valence-electron chi connectivity index (χ4n) is 2.50. The molecule has 0 saturated carbocycles. The SMILES string of the molecule is CCCC[C@H](N)C(=O)Nc1ccccc1N1CCCC1=O. The van der Waals surface area contributed by atoms with E-state index in [2.05, 4.69) is 12.2 Å². The van der Waals surface area contributed by atoms with Crippen LogP contribution < -0.4 is 16.0 Å². The number of carbonyl (C=O) groups is 2. The van der Waals surface area contributed by atoms with Gasteiger partial charge >= 0.3 is 0 Å². The van der Waals surface area contributed by atoms with Crippen LogP contribution in [-0.4, -0.2) is 24.4 Å². The van der Waals surface area contributed by atoms with Crippen LogP contribution in [0.5, 0.6) is 0 Å². The molecule has 1 aromatic carbocycles. The van der Waals surface area contributed by atoms with Crippen LogP contribution in [-0.2, 0) is 9.59 Å². The molecule has 1 aliphatic heterocycles. The lowest BCUT2D eigenvalue weighted by Crippen LogP contribution is -2.36. The van der Waals surface area contributed by atoms with Crippen molar-refractivity contribution < 1.29 is 9.59 Å². The second-order valence-electron chi connectivity index (χ2n) is 5.40. The molecule has 1 atom stereocenters. The predicted octanol–water partition coefficient (Wildman–Crippen LogP) is 2.27. The summed E-state index contributed by atoms with van der Waals surface area (Å²) in [4.78, 5) is 25.7. The number of nitrogens with zero attached hydrogens (tertiary/aromatic N) is 1. The Hall–Kier alpha value is -1.88. The Morgan fingerprint density at radius 2 is 2.19 bits per heavy atom. The molecule has 0 radical (unpaired) electrons. The normalized spacial score (nSPS) is 16.1. The second kappa shape index (κ2) is 7.22. The van der Waals surface area contributed by atoms with Crippen molar-refractivity contribution in [1.29, 1.82) is 0 Å². The molecule has 1 heterocycles. The number of nitrogens with one attached hydrogen (secondary N) is 1. The number of anilines is 2. The van der Waals surface area contributed by atoms with E-state index in [-0.39, 0.29) is 11.8 Å². The quantitative estimate of drug-likeness (QED) is 0.843. The third-order valence-electron chi connectivity index (χ3n) is 3.73. The van der Waals surface area contributed by atoms with E-state index in [1.807, 2.05) is 24.3 Å². The molecule has 1 saturated heterocycles. The van der Waals surface area contributed by atoms with Crippen molar-refractivity contribution in [2.24, 2.45) is 5.73 Å². The minimum absolute atomic E-state index is 0.104. The minimum atomic E-state index is -0.507. The molecule has 0 bridgehead atoms. The van der Waals surface area contributed by atoms with Gasteiger partial charge in [0.05, 0.1) is 17.4 Å². The molecule has 114 valence electrons. The monoisotopic (exact) mass is 289 g/mol. The molecular weight excluding hydrogens is 266 g/mol. The number of amides is 2. The van der Waals surface area contributed by atoms with Crippen molar-refractivity contribution in [2.75, 3.05) is 16.8 Å². The molecular formula is C16H23N3O2. The highest BCUT2D eigenvalue weighted by Gasteiger charge is 2.24. The Morgan fingerprint density at radius 1 is 1.43 bits per heavy atom. The Labute approximate surface area is 125 Å². The summed E-state index contributed by atoms with van der Waals surface area (Å²) >= 11 is 0. The van der Waals surface area contributed by atoms with Crippen LogP contribution >= 0.6 is 0 Å². The van der Waals surface area contributed by atoms with Crippen molar-refractivity contribution >= 4 is 23.2 Å². The summed E-state index contributed by atoms with van der Waals surface area (Å²) in [6, 6.07) is 6.87. The van der Waals surface area contributed by atoms with Gasteiger partial charge in [-0.2, -0.15) is 0 Å².